The fourth-order valence-electron chi connectivity index (χ4n) is 1.35. The van der Waals surface area contributed by atoms with Crippen molar-refractivity contribution in [2.75, 3.05) is 20.8 Å². The molecule has 1 aromatic carbocycles. The molecule has 3 heteroatoms. The summed E-state index contributed by atoms with van der Waals surface area (Å²) in [7, 11) is 3.31. The van der Waals surface area contributed by atoms with Crippen LogP contribution >= 0.6 is 0 Å². The van der Waals surface area contributed by atoms with Gasteiger partial charge in [0.25, 0.3) is 0 Å². The van der Waals surface area contributed by atoms with Gasteiger partial charge in [0.15, 0.2) is 0 Å². The molecule has 1 rings (SSSR count). The Morgan fingerprint density at radius 3 is 2.50 bits per heavy atom. The third-order valence-electron chi connectivity index (χ3n) is 2.32. The summed E-state index contributed by atoms with van der Waals surface area (Å²) in [4.78, 5) is 0. The predicted molar refractivity (Wildman–Crippen MR) is 57.0 cm³/mol. The molecule has 0 fully saturated rings. The summed E-state index contributed by atoms with van der Waals surface area (Å²) >= 11 is 0. The van der Waals surface area contributed by atoms with Crippen LogP contribution in [0.4, 0.5) is 0 Å². The van der Waals surface area contributed by atoms with Gasteiger partial charge in [0.2, 0.25) is 0 Å². The molecule has 14 heavy (non-hydrogen) atoms. The standard InChI is InChI=1S/C11H17NO2/c1-8(7-12)10-6-9(13-2)4-5-11(10)14-3/h4-6,8H,7,12H2,1-3H3/t8-/m1/s1. The number of hydrogen-bond donors (Lipinski definition) is 1. The largest absolute Gasteiger partial charge is 0.497 e. The van der Waals surface area contributed by atoms with E-state index in [9.17, 15) is 0 Å². The molecule has 0 heterocycles. The highest BCUT2D eigenvalue weighted by Crippen LogP contribution is 2.29. The van der Waals surface area contributed by atoms with Gasteiger partial charge in [0, 0.05) is 5.56 Å². The topological polar surface area (TPSA) is 44.5 Å². The second kappa shape index (κ2) is 4.86. The van der Waals surface area contributed by atoms with Crippen LogP contribution in [0.15, 0.2) is 18.2 Å². The van der Waals surface area contributed by atoms with Gasteiger partial charge in [-0.2, -0.15) is 0 Å². The van der Waals surface area contributed by atoms with E-state index in [4.69, 9.17) is 15.2 Å². The average molecular weight is 195 g/mol. The maximum absolute atomic E-state index is 5.62. The predicted octanol–water partition coefficient (Wildman–Crippen LogP) is 1.77. The molecule has 0 aliphatic heterocycles. The van der Waals surface area contributed by atoms with E-state index < -0.39 is 0 Å². The lowest BCUT2D eigenvalue weighted by Crippen LogP contribution is -2.10. The molecule has 0 unspecified atom stereocenters. The van der Waals surface area contributed by atoms with Gasteiger partial charge in [-0.1, -0.05) is 6.92 Å². The van der Waals surface area contributed by atoms with Crippen molar-refractivity contribution >= 4 is 0 Å². The van der Waals surface area contributed by atoms with Crippen LogP contribution in [0.5, 0.6) is 11.5 Å². The first-order valence-electron chi connectivity index (χ1n) is 4.65. The minimum Gasteiger partial charge on any atom is -0.497 e. The number of rotatable bonds is 4. The Hall–Kier alpha value is -1.22. The van der Waals surface area contributed by atoms with Gasteiger partial charge in [-0.25, -0.2) is 0 Å². The molecule has 0 radical (unpaired) electrons. The lowest BCUT2D eigenvalue weighted by atomic mass is 10.00. The highest BCUT2D eigenvalue weighted by molar-refractivity contribution is 5.42. The molecule has 78 valence electrons. The monoisotopic (exact) mass is 195 g/mol. The third-order valence-corrected chi connectivity index (χ3v) is 2.32. The SMILES string of the molecule is COc1ccc(OC)c([C@H](C)CN)c1. The molecule has 0 bridgehead atoms. The lowest BCUT2D eigenvalue weighted by Gasteiger charge is -2.14. The summed E-state index contributed by atoms with van der Waals surface area (Å²) in [6.07, 6.45) is 0. The summed E-state index contributed by atoms with van der Waals surface area (Å²) in [5, 5.41) is 0. The fraction of sp³-hybridized carbons (Fsp3) is 0.455. The van der Waals surface area contributed by atoms with E-state index in [0.29, 0.717) is 6.54 Å². The van der Waals surface area contributed by atoms with Crippen molar-refractivity contribution in [2.45, 2.75) is 12.8 Å². The van der Waals surface area contributed by atoms with Crippen molar-refractivity contribution in [1.82, 2.24) is 0 Å². The second-order valence-electron chi connectivity index (χ2n) is 3.24. The Morgan fingerprint density at radius 1 is 1.29 bits per heavy atom. The first-order chi connectivity index (χ1) is 6.72. The maximum Gasteiger partial charge on any atom is 0.122 e. The van der Waals surface area contributed by atoms with E-state index in [-0.39, 0.29) is 5.92 Å². The summed E-state index contributed by atoms with van der Waals surface area (Å²) in [5.74, 6) is 1.98. The van der Waals surface area contributed by atoms with Crippen molar-refractivity contribution in [3.05, 3.63) is 23.8 Å². The first kappa shape index (κ1) is 10.9. The van der Waals surface area contributed by atoms with Crippen molar-refractivity contribution in [1.29, 1.82) is 0 Å². The Balaban J connectivity index is 3.08. The maximum atomic E-state index is 5.62. The highest BCUT2D eigenvalue weighted by atomic mass is 16.5. The van der Waals surface area contributed by atoms with Crippen LogP contribution in [-0.2, 0) is 0 Å². The van der Waals surface area contributed by atoms with E-state index in [1.54, 1.807) is 14.2 Å². The summed E-state index contributed by atoms with van der Waals surface area (Å²) in [6, 6.07) is 5.75. The number of benzene rings is 1. The third kappa shape index (κ3) is 2.17. The minimum atomic E-state index is 0.278. The zero-order valence-corrected chi connectivity index (χ0v) is 8.91. The molecule has 0 aromatic heterocycles. The smallest absolute Gasteiger partial charge is 0.122 e. The average Bonchev–Trinajstić information content (AvgIpc) is 2.27. The van der Waals surface area contributed by atoms with Crippen molar-refractivity contribution in [3.8, 4) is 11.5 Å². The van der Waals surface area contributed by atoms with Crippen LogP contribution in [0, 0.1) is 0 Å². The molecule has 0 saturated carbocycles. The van der Waals surface area contributed by atoms with Crippen LogP contribution in [0.1, 0.15) is 18.4 Å². The number of hydrogen-bond acceptors (Lipinski definition) is 3. The zero-order chi connectivity index (χ0) is 10.6. The number of ether oxygens (including phenoxy) is 2. The van der Waals surface area contributed by atoms with Crippen LogP contribution in [0.3, 0.4) is 0 Å². The normalized spacial score (nSPS) is 12.3. The van der Waals surface area contributed by atoms with Gasteiger partial charge in [0.05, 0.1) is 14.2 Å². The van der Waals surface area contributed by atoms with E-state index in [2.05, 4.69) is 6.92 Å². The molecule has 1 aromatic rings. The van der Waals surface area contributed by atoms with Gasteiger partial charge >= 0.3 is 0 Å². The molecule has 1 atom stereocenters. The molecule has 0 spiro atoms. The van der Waals surface area contributed by atoms with E-state index in [0.717, 1.165) is 17.1 Å². The van der Waals surface area contributed by atoms with E-state index in [1.807, 2.05) is 18.2 Å². The molecule has 0 saturated heterocycles. The van der Waals surface area contributed by atoms with Crippen LogP contribution in [-0.4, -0.2) is 20.8 Å². The van der Waals surface area contributed by atoms with Gasteiger partial charge in [-0.3, -0.25) is 0 Å². The van der Waals surface area contributed by atoms with Gasteiger partial charge in [-0.15, -0.1) is 0 Å². The number of nitrogens with two attached hydrogens (primary N) is 1. The summed E-state index contributed by atoms with van der Waals surface area (Å²) < 4.78 is 10.4. The molecule has 0 aliphatic rings. The van der Waals surface area contributed by atoms with Crippen LogP contribution in [0.25, 0.3) is 0 Å². The van der Waals surface area contributed by atoms with Crippen molar-refractivity contribution in [2.24, 2.45) is 5.73 Å². The van der Waals surface area contributed by atoms with Crippen LogP contribution < -0.4 is 15.2 Å². The van der Waals surface area contributed by atoms with Gasteiger partial charge < -0.3 is 15.2 Å². The van der Waals surface area contributed by atoms with Crippen molar-refractivity contribution < 1.29 is 9.47 Å². The first-order valence-corrected chi connectivity index (χ1v) is 4.65. The lowest BCUT2D eigenvalue weighted by molar-refractivity contribution is 0.396. The highest BCUT2D eigenvalue weighted by Gasteiger charge is 2.10. The van der Waals surface area contributed by atoms with Crippen LogP contribution in [0.2, 0.25) is 0 Å². The quantitative estimate of drug-likeness (QED) is 0.796. The zero-order valence-electron chi connectivity index (χ0n) is 8.91. The minimum absolute atomic E-state index is 0.278. The molecule has 0 amide bonds. The van der Waals surface area contributed by atoms with E-state index >= 15 is 0 Å². The summed E-state index contributed by atoms with van der Waals surface area (Å²) in [5.41, 5.74) is 6.71. The molecule has 0 aliphatic carbocycles. The van der Waals surface area contributed by atoms with E-state index in [1.165, 1.54) is 0 Å². The Kier molecular flexibility index (Phi) is 3.77. The summed E-state index contributed by atoms with van der Waals surface area (Å²) in [6.45, 7) is 2.67. The Morgan fingerprint density at radius 2 is 2.00 bits per heavy atom. The van der Waals surface area contributed by atoms with Gasteiger partial charge in [0.1, 0.15) is 11.5 Å². The molecular weight excluding hydrogens is 178 g/mol. The Labute approximate surface area is 84.8 Å². The molecule has 3 nitrogen and oxygen atoms in total. The Bertz CT molecular complexity index is 299. The van der Waals surface area contributed by atoms with Gasteiger partial charge in [-0.05, 0) is 30.7 Å². The molecule has 2 N–H and O–H groups in total. The number of methoxy groups -OCH3 is 2. The van der Waals surface area contributed by atoms with Crippen molar-refractivity contribution in [3.63, 3.8) is 0 Å². The molecular formula is C11H17NO2. The second-order valence-corrected chi connectivity index (χ2v) is 3.24. The fourth-order valence-corrected chi connectivity index (χ4v) is 1.35.